The quantitative estimate of drug-likeness (QED) is 0.858. The molecule has 0 spiro atoms. The number of hydrogen-bond donors (Lipinski definition) is 1. The summed E-state index contributed by atoms with van der Waals surface area (Å²) in [4.78, 5) is 10.9. The maximum Gasteiger partial charge on any atom is 0.335 e. The Balaban J connectivity index is 2.58. The van der Waals surface area contributed by atoms with Crippen LogP contribution < -0.4 is 4.31 Å². The average molecular weight is 255 g/mol. The topological polar surface area (TPSA) is 74.7 Å². The second-order valence-electron chi connectivity index (χ2n) is 3.88. The highest BCUT2D eigenvalue weighted by molar-refractivity contribution is 7.92. The van der Waals surface area contributed by atoms with Gasteiger partial charge in [0.2, 0.25) is 10.0 Å². The van der Waals surface area contributed by atoms with Crippen molar-refractivity contribution in [1.29, 1.82) is 0 Å². The molecule has 0 fully saturated rings. The number of sulfonamides is 1. The van der Waals surface area contributed by atoms with Gasteiger partial charge in [0.15, 0.2) is 0 Å². The number of aryl methyl sites for hydroxylation is 1. The molecule has 0 bridgehead atoms. The molecule has 0 amide bonds. The highest BCUT2D eigenvalue weighted by Gasteiger charge is 2.28. The largest absolute Gasteiger partial charge is 0.478 e. The van der Waals surface area contributed by atoms with Crippen molar-refractivity contribution in [3.8, 4) is 0 Å². The number of nitrogens with zero attached hydrogens (tertiary/aromatic N) is 1. The maximum absolute atomic E-state index is 11.8. The molecule has 1 aliphatic rings. The predicted octanol–water partition coefficient (Wildman–Crippen LogP) is 1.10. The van der Waals surface area contributed by atoms with Crippen LogP contribution in [0.25, 0.3) is 0 Å². The lowest BCUT2D eigenvalue weighted by Crippen LogP contribution is -2.37. The van der Waals surface area contributed by atoms with E-state index >= 15 is 0 Å². The molecule has 0 radical (unpaired) electrons. The maximum atomic E-state index is 11.8. The van der Waals surface area contributed by atoms with E-state index in [0.717, 1.165) is 5.56 Å². The fourth-order valence-electron chi connectivity index (χ4n) is 2.01. The first-order valence-electron chi connectivity index (χ1n) is 5.32. The molecule has 0 unspecified atom stereocenters. The van der Waals surface area contributed by atoms with Crippen LogP contribution in [0, 0.1) is 0 Å². The zero-order valence-electron chi connectivity index (χ0n) is 9.38. The molecule has 0 saturated heterocycles. The number of rotatable bonds is 2. The molecule has 0 aromatic heterocycles. The van der Waals surface area contributed by atoms with Gasteiger partial charge in [-0.3, -0.25) is 4.31 Å². The van der Waals surface area contributed by atoms with Crippen LogP contribution in [-0.2, 0) is 16.4 Å². The van der Waals surface area contributed by atoms with Gasteiger partial charge in [-0.15, -0.1) is 0 Å². The molecule has 6 heteroatoms. The van der Waals surface area contributed by atoms with Crippen molar-refractivity contribution >= 4 is 21.7 Å². The van der Waals surface area contributed by atoms with Gasteiger partial charge >= 0.3 is 5.97 Å². The van der Waals surface area contributed by atoms with Crippen LogP contribution >= 0.6 is 0 Å². The van der Waals surface area contributed by atoms with E-state index in [1.807, 2.05) is 0 Å². The second kappa shape index (κ2) is 4.03. The Labute approximate surface area is 99.7 Å². The molecule has 1 N–H and O–H groups in total. The Hall–Kier alpha value is -1.56. The van der Waals surface area contributed by atoms with Crippen molar-refractivity contribution in [3.63, 3.8) is 0 Å². The van der Waals surface area contributed by atoms with Gasteiger partial charge in [-0.05, 0) is 31.0 Å². The van der Waals surface area contributed by atoms with Gasteiger partial charge in [0.05, 0.1) is 17.0 Å². The number of benzene rings is 1. The molecule has 0 saturated carbocycles. The van der Waals surface area contributed by atoms with Crippen molar-refractivity contribution in [2.45, 2.75) is 13.3 Å². The molecule has 0 atom stereocenters. The van der Waals surface area contributed by atoms with E-state index < -0.39 is 16.0 Å². The van der Waals surface area contributed by atoms with E-state index in [2.05, 4.69) is 0 Å². The highest BCUT2D eigenvalue weighted by atomic mass is 32.2. The van der Waals surface area contributed by atoms with Gasteiger partial charge in [0.1, 0.15) is 0 Å². The van der Waals surface area contributed by atoms with Crippen LogP contribution in [0.5, 0.6) is 0 Å². The van der Waals surface area contributed by atoms with Crippen LogP contribution in [0.3, 0.4) is 0 Å². The Kier molecular flexibility index (Phi) is 2.82. The van der Waals surface area contributed by atoms with E-state index in [0.29, 0.717) is 18.7 Å². The summed E-state index contributed by atoms with van der Waals surface area (Å²) >= 11 is 0. The number of anilines is 1. The number of aromatic carboxylic acids is 1. The van der Waals surface area contributed by atoms with Crippen LogP contribution in [0.2, 0.25) is 0 Å². The fraction of sp³-hybridized carbons (Fsp3) is 0.364. The minimum atomic E-state index is -3.29. The van der Waals surface area contributed by atoms with E-state index in [-0.39, 0.29) is 11.3 Å². The van der Waals surface area contributed by atoms with E-state index in [1.54, 1.807) is 13.0 Å². The molecule has 5 nitrogen and oxygen atoms in total. The Morgan fingerprint density at radius 2 is 2.18 bits per heavy atom. The molecule has 2 rings (SSSR count). The van der Waals surface area contributed by atoms with Crippen molar-refractivity contribution in [2.75, 3.05) is 16.6 Å². The summed E-state index contributed by atoms with van der Waals surface area (Å²) < 4.78 is 24.9. The smallest absolute Gasteiger partial charge is 0.335 e. The third-order valence-electron chi connectivity index (χ3n) is 2.85. The van der Waals surface area contributed by atoms with Crippen molar-refractivity contribution in [2.24, 2.45) is 0 Å². The molecule has 1 aliphatic heterocycles. The summed E-state index contributed by atoms with van der Waals surface area (Å²) in [6.45, 7) is 2.05. The minimum Gasteiger partial charge on any atom is -0.478 e. The number of carboxylic acid groups (broad SMARTS) is 1. The number of fused-ring (bicyclic) bond motifs is 1. The number of hydrogen-bond acceptors (Lipinski definition) is 3. The summed E-state index contributed by atoms with van der Waals surface area (Å²) in [7, 11) is -3.29. The molecule has 1 heterocycles. The lowest BCUT2D eigenvalue weighted by molar-refractivity contribution is 0.0697. The number of carbonyl (C=O) groups is 1. The van der Waals surface area contributed by atoms with Crippen LogP contribution in [0.4, 0.5) is 5.69 Å². The third kappa shape index (κ3) is 2.00. The van der Waals surface area contributed by atoms with Crippen molar-refractivity contribution < 1.29 is 18.3 Å². The van der Waals surface area contributed by atoms with E-state index in [1.165, 1.54) is 16.4 Å². The van der Waals surface area contributed by atoms with Crippen LogP contribution in [-0.4, -0.2) is 31.8 Å². The Bertz CT molecular complexity index is 565. The first-order chi connectivity index (χ1) is 7.95. The lowest BCUT2D eigenvalue weighted by Gasteiger charge is -2.29. The van der Waals surface area contributed by atoms with Gasteiger partial charge in [-0.1, -0.05) is 6.07 Å². The van der Waals surface area contributed by atoms with Crippen LogP contribution in [0.15, 0.2) is 18.2 Å². The van der Waals surface area contributed by atoms with E-state index in [9.17, 15) is 13.2 Å². The SMILES string of the molecule is CCN1c2cc(C(=O)O)ccc2CCS1(=O)=O. The molecule has 92 valence electrons. The first kappa shape index (κ1) is 11.9. The second-order valence-corrected chi connectivity index (χ2v) is 5.89. The zero-order chi connectivity index (χ0) is 12.6. The molecule has 0 aliphatic carbocycles. The summed E-state index contributed by atoms with van der Waals surface area (Å²) in [5.74, 6) is -0.966. The van der Waals surface area contributed by atoms with Gasteiger partial charge in [-0.2, -0.15) is 0 Å². The fourth-order valence-corrected chi connectivity index (χ4v) is 3.57. The van der Waals surface area contributed by atoms with Gasteiger partial charge in [0.25, 0.3) is 0 Å². The molecular weight excluding hydrogens is 242 g/mol. The minimum absolute atomic E-state index is 0.0836. The Morgan fingerprint density at radius 1 is 1.47 bits per heavy atom. The molecule has 1 aromatic rings. The van der Waals surface area contributed by atoms with Gasteiger partial charge < -0.3 is 5.11 Å². The molecule has 1 aromatic carbocycles. The zero-order valence-corrected chi connectivity index (χ0v) is 10.2. The first-order valence-corrected chi connectivity index (χ1v) is 6.93. The normalized spacial score (nSPS) is 17.6. The predicted molar refractivity (Wildman–Crippen MR) is 63.9 cm³/mol. The standard InChI is InChI=1S/C11H13NO4S/c1-2-12-10-7-9(11(13)14)4-3-8(10)5-6-17(12,15)16/h3-4,7H,2,5-6H2,1H3,(H,13,14). The highest BCUT2D eigenvalue weighted by Crippen LogP contribution is 2.30. The Morgan fingerprint density at radius 3 is 2.76 bits per heavy atom. The summed E-state index contributed by atoms with van der Waals surface area (Å²) in [5, 5.41) is 8.91. The van der Waals surface area contributed by atoms with Crippen molar-refractivity contribution in [3.05, 3.63) is 29.3 Å². The average Bonchev–Trinajstić information content (AvgIpc) is 2.27. The summed E-state index contributed by atoms with van der Waals surface area (Å²) in [6.07, 6.45) is 0.439. The van der Waals surface area contributed by atoms with Gasteiger partial charge in [-0.25, -0.2) is 13.2 Å². The van der Waals surface area contributed by atoms with Crippen LogP contribution in [0.1, 0.15) is 22.8 Å². The summed E-state index contributed by atoms with van der Waals surface area (Å²) in [6, 6.07) is 4.63. The number of carboxylic acids is 1. The monoisotopic (exact) mass is 255 g/mol. The van der Waals surface area contributed by atoms with Gasteiger partial charge in [0, 0.05) is 6.54 Å². The summed E-state index contributed by atoms with van der Waals surface area (Å²) in [5.41, 5.74) is 1.49. The third-order valence-corrected chi connectivity index (χ3v) is 4.70. The lowest BCUT2D eigenvalue weighted by atomic mass is 10.1. The molecule has 17 heavy (non-hydrogen) atoms. The molecular formula is C11H13NO4S. The van der Waals surface area contributed by atoms with E-state index in [4.69, 9.17) is 5.11 Å². The van der Waals surface area contributed by atoms with Crippen molar-refractivity contribution in [1.82, 2.24) is 0 Å².